The van der Waals surface area contributed by atoms with Crippen LogP contribution in [0.2, 0.25) is 0 Å². The molecule has 1 fully saturated rings. The van der Waals surface area contributed by atoms with Crippen molar-refractivity contribution in [3.8, 4) is 5.75 Å². The third-order valence-electron chi connectivity index (χ3n) is 4.77. The van der Waals surface area contributed by atoms with Gasteiger partial charge < -0.3 is 19.9 Å². The minimum atomic E-state index is -0.891. The average molecular weight is 399 g/mol. The summed E-state index contributed by atoms with van der Waals surface area (Å²) in [5.41, 5.74) is 1.04. The van der Waals surface area contributed by atoms with Gasteiger partial charge in [0.1, 0.15) is 11.6 Å². The Morgan fingerprint density at radius 1 is 1.00 bits per heavy atom. The molecule has 0 unspecified atom stereocenters. The zero-order chi connectivity index (χ0) is 20.8. The first kappa shape index (κ1) is 20.3. The second kappa shape index (κ2) is 9.18. The van der Waals surface area contributed by atoms with Crippen molar-refractivity contribution in [1.82, 2.24) is 10.2 Å². The van der Waals surface area contributed by atoms with Crippen molar-refractivity contribution in [2.75, 3.05) is 44.7 Å². The maximum absolute atomic E-state index is 12.9. The standard InChI is InChI=1S/C21H22FN3O4/c1-29-18-5-3-2-4-17(18)24-10-12-25(13-11-24)19(26)14-23-21(28)20(27)15-6-8-16(22)9-7-15/h2-9H,10-14H2,1H3,(H,23,28). The molecule has 0 radical (unpaired) electrons. The van der Waals surface area contributed by atoms with Crippen LogP contribution in [-0.4, -0.2) is 62.3 Å². The minimum absolute atomic E-state index is 0.0711. The quantitative estimate of drug-likeness (QED) is 0.588. The van der Waals surface area contributed by atoms with Gasteiger partial charge in [0.05, 0.1) is 19.3 Å². The Morgan fingerprint density at radius 3 is 2.31 bits per heavy atom. The van der Waals surface area contributed by atoms with Crippen molar-refractivity contribution in [3.63, 3.8) is 0 Å². The van der Waals surface area contributed by atoms with E-state index >= 15 is 0 Å². The number of hydrogen-bond acceptors (Lipinski definition) is 5. The largest absolute Gasteiger partial charge is 0.495 e. The van der Waals surface area contributed by atoms with Gasteiger partial charge in [-0.1, -0.05) is 12.1 Å². The smallest absolute Gasteiger partial charge is 0.292 e. The molecule has 3 rings (SSSR count). The highest BCUT2D eigenvalue weighted by molar-refractivity contribution is 6.43. The first-order valence-corrected chi connectivity index (χ1v) is 9.23. The summed E-state index contributed by atoms with van der Waals surface area (Å²) in [5.74, 6) is -1.68. The molecule has 0 saturated carbocycles. The highest BCUT2D eigenvalue weighted by Gasteiger charge is 2.24. The van der Waals surface area contributed by atoms with E-state index in [1.165, 1.54) is 12.1 Å². The highest BCUT2D eigenvalue weighted by Crippen LogP contribution is 2.28. The van der Waals surface area contributed by atoms with Crippen molar-refractivity contribution in [2.24, 2.45) is 0 Å². The van der Waals surface area contributed by atoms with Crippen molar-refractivity contribution in [1.29, 1.82) is 0 Å². The van der Waals surface area contributed by atoms with Gasteiger partial charge in [0.15, 0.2) is 0 Å². The lowest BCUT2D eigenvalue weighted by molar-refractivity contribution is -0.132. The van der Waals surface area contributed by atoms with Crippen LogP contribution in [0.4, 0.5) is 10.1 Å². The van der Waals surface area contributed by atoms with Gasteiger partial charge in [-0.2, -0.15) is 0 Å². The average Bonchev–Trinajstić information content (AvgIpc) is 2.77. The van der Waals surface area contributed by atoms with Gasteiger partial charge in [-0.05, 0) is 36.4 Å². The van der Waals surface area contributed by atoms with Crippen LogP contribution in [0, 0.1) is 5.82 Å². The van der Waals surface area contributed by atoms with Crippen LogP contribution < -0.4 is 15.0 Å². The molecule has 0 bridgehead atoms. The summed E-state index contributed by atoms with van der Waals surface area (Å²) in [4.78, 5) is 40.2. The van der Waals surface area contributed by atoms with Gasteiger partial charge in [-0.3, -0.25) is 14.4 Å². The van der Waals surface area contributed by atoms with Crippen LogP contribution in [0.25, 0.3) is 0 Å². The Morgan fingerprint density at radius 2 is 1.66 bits per heavy atom. The van der Waals surface area contributed by atoms with E-state index in [4.69, 9.17) is 4.74 Å². The summed E-state index contributed by atoms with van der Waals surface area (Å²) in [6.45, 7) is 2.00. The number of Topliss-reactive ketones (excluding diaryl/α,β-unsaturated/α-hetero) is 1. The van der Waals surface area contributed by atoms with E-state index in [1.54, 1.807) is 12.0 Å². The van der Waals surface area contributed by atoms with Gasteiger partial charge in [0.25, 0.3) is 5.91 Å². The van der Waals surface area contributed by atoms with Crippen molar-refractivity contribution in [3.05, 3.63) is 59.9 Å². The predicted octanol–water partition coefficient (Wildman–Crippen LogP) is 1.48. The molecule has 1 heterocycles. The molecular formula is C21H22FN3O4. The van der Waals surface area contributed by atoms with Crippen LogP contribution >= 0.6 is 0 Å². The zero-order valence-electron chi connectivity index (χ0n) is 16.1. The summed E-state index contributed by atoms with van der Waals surface area (Å²) in [5, 5.41) is 2.35. The van der Waals surface area contributed by atoms with E-state index < -0.39 is 17.5 Å². The summed E-state index contributed by atoms with van der Waals surface area (Å²) in [7, 11) is 1.62. The molecule has 1 aliphatic rings. The Bertz CT molecular complexity index is 893. The maximum atomic E-state index is 12.9. The number of benzene rings is 2. The Balaban J connectivity index is 1.49. The number of ether oxygens (including phenoxy) is 1. The fourth-order valence-corrected chi connectivity index (χ4v) is 3.17. The monoisotopic (exact) mass is 399 g/mol. The lowest BCUT2D eigenvalue weighted by Crippen LogP contribution is -2.51. The minimum Gasteiger partial charge on any atom is -0.495 e. The fraction of sp³-hybridized carbons (Fsp3) is 0.286. The second-order valence-corrected chi connectivity index (χ2v) is 6.56. The number of carbonyl (C=O) groups is 3. The molecule has 8 heteroatoms. The SMILES string of the molecule is COc1ccccc1N1CCN(C(=O)CNC(=O)C(=O)c2ccc(F)cc2)CC1. The van der Waals surface area contributed by atoms with E-state index in [0.29, 0.717) is 26.2 Å². The molecule has 0 aromatic heterocycles. The first-order chi connectivity index (χ1) is 14.0. The molecule has 152 valence electrons. The lowest BCUT2D eigenvalue weighted by Gasteiger charge is -2.36. The molecule has 1 aliphatic heterocycles. The van der Waals surface area contributed by atoms with Crippen LogP contribution in [0.5, 0.6) is 5.75 Å². The van der Waals surface area contributed by atoms with Crippen LogP contribution in [-0.2, 0) is 9.59 Å². The molecule has 1 saturated heterocycles. The maximum Gasteiger partial charge on any atom is 0.292 e. The highest BCUT2D eigenvalue weighted by atomic mass is 19.1. The number of hydrogen-bond donors (Lipinski definition) is 1. The molecule has 7 nitrogen and oxygen atoms in total. The number of methoxy groups -OCH3 is 1. The van der Waals surface area contributed by atoms with Crippen LogP contribution in [0.15, 0.2) is 48.5 Å². The molecule has 2 aromatic rings. The molecule has 2 aromatic carbocycles. The predicted molar refractivity (Wildman–Crippen MR) is 106 cm³/mol. The molecule has 0 atom stereocenters. The Hall–Kier alpha value is -3.42. The normalized spacial score (nSPS) is 13.7. The third kappa shape index (κ3) is 4.90. The number of anilines is 1. The Labute approximate surface area is 168 Å². The number of rotatable bonds is 6. The number of piperazine rings is 1. The summed E-state index contributed by atoms with van der Waals surface area (Å²) >= 11 is 0. The van der Waals surface area contributed by atoms with Crippen LogP contribution in [0.3, 0.4) is 0 Å². The van der Waals surface area contributed by atoms with Crippen molar-refractivity contribution in [2.45, 2.75) is 0 Å². The van der Waals surface area contributed by atoms with E-state index in [2.05, 4.69) is 10.2 Å². The van der Waals surface area contributed by atoms with E-state index in [9.17, 15) is 18.8 Å². The number of nitrogens with zero attached hydrogens (tertiary/aromatic N) is 2. The third-order valence-corrected chi connectivity index (χ3v) is 4.77. The fourth-order valence-electron chi connectivity index (χ4n) is 3.17. The van der Waals surface area contributed by atoms with Crippen LogP contribution in [0.1, 0.15) is 10.4 Å². The van der Waals surface area contributed by atoms with Gasteiger partial charge in [-0.15, -0.1) is 0 Å². The first-order valence-electron chi connectivity index (χ1n) is 9.23. The van der Waals surface area contributed by atoms with E-state index in [0.717, 1.165) is 23.6 Å². The van der Waals surface area contributed by atoms with Gasteiger partial charge in [-0.25, -0.2) is 4.39 Å². The van der Waals surface area contributed by atoms with E-state index in [1.807, 2.05) is 24.3 Å². The molecule has 29 heavy (non-hydrogen) atoms. The molecule has 2 amide bonds. The summed E-state index contributed by atoms with van der Waals surface area (Å²) < 4.78 is 18.3. The van der Waals surface area contributed by atoms with Crippen molar-refractivity contribution < 1.29 is 23.5 Å². The number of amides is 2. The number of nitrogens with one attached hydrogen (secondary N) is 1. The number of ketones is 1. The molecular weight excluding hydrogens is 377 g/mol. The van der Waals surface area contributed by atoms with Crippen molar-refractivity contribution >= 4 is 23.3 Å². The van der Waals surface area contributed by atoms with Gasteiger partial charge in [0, 0.05) is 31.7 Å². The number of halogens is 1. The topological polar surface area (TPSA) is 79.0 Å². The summed E-state index contributed by atoms with van der Waals surface area (Å²) in [6.07, 6.45) is 0. The molecule has 0 spiro atoms. The molecule has 0 aliphatic carbocycles. The summed E-state index contributed by atoms with van der Waals surface area (Å²) in [6, 6.07) is 12.4. The number of carbonyl (C=O) groups excluding carboxylic acids is 3. The second-order valence-electron chi connectivity index (χ2n) is 6.56. The van der Waals surface area contributed by atoms with Gasteiger partial charge in [0.2, 0.25) is 11.7 Å². The molecule has 1 N–H and O–H groups in total. The zero-order valence-corrected chi connectivity index (χ0v) is 16.1. The van der Waals surface area contributed by atoms with Gasteiger partial charge >= 0.3 is 0 Å². The Kier molecular flexibility index (Phi) is 6.43. The number of para-hydroxylation sites is 2. The lowest BCUT2D eigenvalue weighted by atomic mass is 10.1. The van der Waals surface area contributed by atoms with E-state index in [-0.39, 0.29) is 18.0 Å².